The number of aliphatic hydroxyl groups is 16. The second-order valence-corrected chi connectivity index (χ2v) is 26.7. The van der Waals surface area contributed by atoms with Gasteiger partial charge in [-0.15, -0.1) is 0 Å². The summed E-state index contributed by atoms with van der Waals surface area (Å²) in [5.41, 5.74) is -1.04. The van der Waals surface area contributed by atoms with E-state index in [0.29, 0.717) is 44.9 Å². The topological polar surface area (TPSA) is 425 Å². The number of ether oxygens (including phenoxy) is 11. The maximum Gasteiger partial charge on any atom is 0.187 e. The number of rotatable bonds is 16. The van der Waals surface area contributed by atoms with Gasteiger partial charge in [0.05, 0.1) is 50.3 Å². The molecule has 27 heteroatoms. The van der Waals surface area contributed by atoms with E-state index in [1.807, 2.05) is 13.8 Å². The molecule has 6 saturated heterocycles. The Morgan fingerprint density at radius 2 is 1.11 bits per heavy atom. The van der Waals surface area contributed by atoms with Crippen LogP contribution in [-0.4, -0.2) is 279 Å². The van der Waals surface area contributed by atoms with E-state index in [2.05, 4.69) is 19.9 Å². The molecule has 6 heterocycles. The highest BCUT2D eigenvalue weighted by Crippen LogP contribution is 2.71. The number of aliphatic hydroxyl groups excluding tert-OH is 14. The zero-order valence-electron chi connectivity index (χ0n) is 48.7. The van der Waals surface area contributed by atoms with Crippen LogP contribution in [-0.2, 0) is 52.1 Å². The van der Waals surface area contributed by atoms with Crippen LogP contribution < -0.4 is 0 Å². The Morgan fingerprint density at radius 1 is 0.560 bits per heavy atom. The normalized spacial score (nSPS) is 56.2. The minimum atomic E-state index is -1.90. The second-order valence-electron chi connectivity index (χ2n) is 26.7. The molecule has 27 nitrogen and oxygen atoms in total. The zero-order chi connectivity index (χ0) is 61.0. The van der Waals surface area contributed by atoms with E-state index in [9.17, 15) is 81.7 Å². The predicted molar refractivity (Wildman–Crippen MR) is 281 cm³/mol. The van der Waals surface area contributed by atoms with Crippen molar-refractivity contribution in [3.63, 3.8) is 0 Å². The molecule has 2 unspecified atom stereocenters. The quantitative estimate of drug-likeness (QED) is 0.0655. The van der Waals surface area contributed by atoms with Gasteiger partial charge in [-0.3, -0.25) is 0 Å². The molecule has 3 saturated carbocycles. The first-order valence-electron chi connectivity index (χ1n) is 30.2. The Morgan fingerprint density at radius 3 is 1.73 bits per heavy atom. The van der Waals surface area contributed by atoms with Crippen molar-refractivity contribution < 1.29 is 134 Å². The van der Waals surface area contributed by atoms with Gasteiger partial charge >= 0.3 is 0 Å². The van der Waals surface area contributed by atoms with Crippen LogP contribution in [0.5, 0.6) is 0 Å². The molecule has 4 aliphatic carbocycles. The Kier molecular flexibility index (Phi) is 19.6. The molecule has 0 aromatic heterocycles. The van der Waals surface area contributed by atoms with Crippen molar-refractivity contribution in [3.05, 3.63) is 11.6 Å². The maximum atomic E-state index is 13.0. The van der Waals surface area contributed by atoms with E-state index in [1.165, 1.54) is 26.3 Å². The van der Waals surface area contributed by atoms with Crippen LogP contribution in [0, 0.1) is 40.4 Å². The van der Waals surface area contributed by atoms with Gasteiger partial charge in [-0.25, -0.2) is 0 Å². The summed E-state index contributed by atoms with van der Waals surface area (Å²) in [6.45, 7) is 11.2. The molecule has 10 aliphatic rings. The van der Waals surface area contributed by atoms with Gasteiger partial charge in [-0.05, 0) is 101 Å². The number of hydrogen-bond acceptors (Lipinski definition) is 27. The van der Waals surface area contributed by atoms with E-state index in [1.54, 1.807) is 0 Å². The summed E-state index contributed by atoms with van der Waals surface area (Å²) in [6.07, 6.45) is -31.7. The van der Waals surface area contributed by atoms with Crippen molar-refractivity contribution in [3.8, 4) is 0 Å². The van der Waals surface area contributed by atoms with Crippen LogP contribution in [0.4, 0.5) is 0 Å². The first kappa shape index (κ1) is 65.6. The van der Waals surface area contributed by atoms with Gasteiger partial charge in [0.2, 0.25) is 0 Å². The highest BCUT2D eigenvalue weighted by molar-refractivity contribution is 5.29. The molecule has 0 aromatic rings. The van der Waals surface area contributed by atoms with E-state index >= 15 is 0 Å². The zero-order valence-corrected chi connectivity index (χ0v) is 48.7. The number of fused-ring (bicyclic) bond motifs is 7. The Labute approximate surface area is 487 Å². The fourth-order valence-corrected chi connectivity index (χ4v) is 16.3. The molecule has 6 aliphatic heterocycles. The smallest absolute Gasteiger partial charge is 0.187 e. The summed E-state index contributed by atoms with van der Waals surface area (Å²) in [7, 11) is 0. The largest absolute Gasteiger partial charge is 0.394 e. The Hall–Kier alpha value is -1.34. The first-order chi connectivity index (χ1) is 39.5. The fraction of sp³-hybridized carbons (Fsp3) is 0.965. The second kappa shape index (κ2) is 25.0. The molecule has 84 heavy (non-hydrogen) atoms. The molecular weight excluding hydrogens is 1120 g/mol. The highest BCUT2D eigenvalue weighted by atomic mass is 16.8. The van der Waals surface area contributed by atoms with E-state index in [0.717, 1.165) is 6.42 Å². The lowest BCUT2D eigenvalue weighted by Gasteiger charge is -2.59. The van der Waals surface area contributed by atoms with Crippen molar-refractivity contribution >= 4 is 0 Å². The van der Waals surface area contributed by atoms with Crippen LogP contribution in [0.2, 0.25) is 0 Å². The Balaban J connectivity index is 0.795. The summed E-state index contributed by atoms with van der Waals surface area (Å²) in [6, 6.07) is 0. The van der Waals surface area contributed by atoms with Gasteiger partial charge < -0.3 is 134 Å². The van der Waals surface area contributed by atoms with Crippen LogP contribution in [0.1, 0.15) is 106 Å². The molecule has 10 rings (SSSR count). The number of allylic oxidation sites excluding steroid dienone is 1. The molecule has 36 atom stereocenters. The molecule has 484 valence electrons. The Bertz CT molecular complexity index is 2250. The first-order valence-corrected chi connectivity index (χ1v) is 30.2. The highest BCUT2D eigenvalue weighted by Gasteiger charge is 2.75. The van der Waals surface area contributed by atoms with Gasteiger partial charge in [-0.2, -0.15) is 0 Å². The SMILES string of the molecule is CC(CCC1(O)O[C@H]2C[C@H]3[C@@H]4CC=C5C[C@@H](O[C@@H]6O[C@H](CO)[C@@H](O[C@@H]7O[C@@H](C)[C@H](O[C@@H]8O[C@@H](C)[C@H](O)[C@@H](O)[C@H]8O)[C@@H](O)[C@H]7O)[C@H](O)[C@H]6O[C@@H]6O[C@@H](C)[C@H](O)[C@@H](O)[C@H]6O)CC[C@]5(C)[C@H]4CC[C@]3(C)[C@@]2(O)[C@@H]1C)CO[C@@H]1O[C@H](CO)[C@@H](O)[C@H](O)[C@H]1O. The molecule has 0 amide bonds. The molecular formula is C57H94O27. The van der Waals surface area contributed by atoms with Gasteiger partial charge in [0.15, 0.2) is 37.2 Å². The van der Waals surface area contributed by atoms with Crippen molar-refractivity contribution in [1.29, 1.82) is 0 Å². The van der Waals surface area contributed by atoms with Crippen LogP contribution >= 0.6 is 0 Å². The van der Waals surface area contributed by atoms with E-state index in [-0.39, 0.29) is 42.1 Å². The van der Waals surface area contributed by atoms with Crippen LogP contribution in [0.3, 0.4) is 0 Å². The predicted octanol–water partition coefficient (Wildman–Crippen LogP) is -4.01. The third-order valence-electron chi connectivity index (χ3n) is 21.8. The molecule has 0 radical (unpaired) electrons. The number of hydrogen-bond donors (Lipinski definition) is 16. The van der Waals surface area contributed by atoms with Crippen LogP contribution in [0.15, 0.2) is 11.6 Å². The fourth-order valence-electron chi connectivity index (χ4n) is 16.3. The maximum absolute atomic E-state index is 13.0. The molecule has 9 fully saturated rings. The standard InChI is InChI=1S/C57H94O27/c1-21(20-74-49-41(67)39(65)36(62)31(18-58)79-49)10-15-56(72)25(5)57(73)33(84-56)17-30-28-9-8-26-16-27(11-13-54(26,6)29(28)12-14-55(30,57)7)78-53-48(83-51-43(69)38(64)35(61)23(3)76-51)45(71)47(32(19-59)80-53)82-52-44(70)40(66)46(24(4)77-52)81-50-42(68)37(63)34(60)22(2)75-50/h8,21-25,27-53,58-73H,9-20H2,1-7H3/t21?,22-,23-,24-,25+,27-,28+,29-,30-,31+,32+,33-,34-,35-,36+,37+,38+,39-,40-,41+,42+,43+,44+,45-,46-,47+,48+,49+,50-,51-,52-,53+,54-,55-,56?,57+/m0/s1. The summed E-state index contributed by atoms with van der Waals surface area (Å²) in [5, 5.41) is 175. The van der Waals surface area contributed by atoms with Crippen molar-refractivity contribution in [1.82, 2.24) is 0 Å². The average Bonchev–Trinajstić information content (AvgIpc) is 1.71. The summed E-state index contributed by atoms with van der Waals surface area (Å²) >= 11 is 0. The lowest BCUT2D eigenvalue weighted by Crippen LogP contribution is -2.67. The van der Waals surface area contributed by atoms with Crippen LogP contribution in [0.25, 0.3) is 0 Å². The van der Waals surface area contributed by atoms with E-state index in [4.69, 9.17) is 52.1 Å². The van der Waals surface area contributed by atoms with Gasteiger partial charge in [0.1, 0.15) is 109 Å². The lowest BCUT2D eigenvalue weighted by molar-refractivity contribution is -0.394. The lowest BCUT2D eigenvalue weighted by atomic mass is 9.46. The monoisotopic (exact) mass is 1210 g/mol. The third kappa shape index (κ3) is 11.3. The average molecular weight is 1210 g/mol. The van der Waals surface area contributed by atoms with Crippen molar-refractivity contribution in [2.75, 3.05) is 19.8 Å². The summed E-state index contributed by atoms with van der Waals surface area (Å²) in [4.78, 5) is 0. The molecule has 0 bridgehead atoms. The van der Waals surface area contributed by atoms with Gasteiger partial charge in [-0.1, -0.05) is 39.3 Å². The summed E-state index contributed by atoms with van der Waals surface area (Å²) in [5.74, 6) is -2.01. The van der Waals surface area contributed by atoms with Crippen molar-refractivity contribution in [2.24, 2.45) is 40.4 Å². The van der Waals surface area contributed by atoms with Gasteiger partial charge in [0.25, 0.3) is 0 Å². The molecule has 0 spiro atoms. The minimum absolute atomic E-state index is 0.0642. The third-order valence-corrected chi connectivity index (χ3v) is 21.8. The summed E-state index contributed by atoms with van der Waals surface area (Å²) < 4.78 is 66.4. The van der Waals surface area contributed by atoms with E-state index < -0.39 is 202 Å². The molecule has 0 aromatic carbocycles. The molecule has 16 N–H and O–H groups in total. The minimum Gasteiger partial charge on any atom is -0.394 e. The van der Waals surface area contributed by atoms with Crippen molar-refractivity contribution in [2.45, 2.75) is 283 Å². The van der Waals surface area contributed by atoms with Gasteiger partial charge in [0, 0.05) is 17.8 Å².